The molecule has 0 fully saturated rings. The Bertz CT molecular complexity index is 528. The van der Waals surface area contributed by atoms with Crippen molar-refractivity contribution in [3.63, 3.8) is 0 Å². The van der Waals surface area contributed by atoms with Gasteiger partial charge in [0.2, 0.25) is 0 Å². The molecular weight excluding hydrogens is 341 g/mol. The molecule has 0 saturated heterocycles. The van der Waals surface area contributed by atoms with E-state index in [9.17, 15) is 4.79 Å². The van der Waals surface area contributed by atoms with Gasteiger partial charge in [-0.05, 0) is 52.9 Å². The molecule has 4 heteroatoms. The lowest BCUT2D eigenvalue weighted by Crippen LogP contribution is -2.20. The third-order valence-corrected chi connectivity index (χ3v) is 2.89. The summed E-state index contributed by atoms with van der Waals surface area (Å²) in [4.78, 5) is 11.6. The summed E-state index contributed by atoms with van der Waals surface area (Å²) < 4.78 is 6.48. The number of para-hydroxylation sites is 1. The number of benzene rings is 2. The number of ether oxygens (including phenoxy) is 1. The normalized spacial score (nSPS) is 9.83. The van der Waals surface area contributed by atoms with Gasteiger partial charge >= 0.3 is 0 Å². The molecule has 1 amide bonds. The number of halogens is 1. The van der Waals surface area contributed by atoms with E-state index in [-0.39, 0.29) is 12.5 Å². The molecule has 0 aromatic heterocycles. The second-order valence-electron chi connectivity index (χ2n) is 3.66. The second kappa shape index (κ2) is 6.39. The topological polar surface area (TPSA) is 38.3 Å². The van der Waals surface area contributed by atoms with Gasteiger partial charge in [-0.15, -0.1) is 0 Å². The maximum Gasteiger partial charge on any atom is 0.262 e. The number of carbonyl (C=O) groups is 1. The Morgan fingerprint density at radius 3 is 2.61 bits per heavy atom. The molecule has 0 aliphatic heterocycles. The van der Waals surface area contributed by atoms with E-state index in [1.807, 2.05) is 54.6 Å². The molecule has 0 aliphatic rings. The highest BCUT2D eigenvalue weighted by Crippen LogP contribution is 2.14. The van der Waals surface area contributed by atoms with Crippen LogP contribution in [0, 0.1) is 3.57 Å². The van der Waals surface area contributed by atoms with Gasteiger partial charge in [-0.25, -0.2) is 0 Å². The van der Waals surface area contributed by atoms with Gasteiger partial charge in [0.05, 0.1) is 0 Å². The Kier molecular flexibility index (Phi) is 4.58. The van der Waals surface area contributed by atoms with Crippen LogP contribution in [0.1, 0.15) is 0 Å². The molecule has 0 spiro atoms. The van der Waals surface area contributed by atoms with Crippen LogP contribution in [0.25, 0.3) is 0 Å². The average molecular weight is 353 g/mol. The van der Waals surface area contributed by atoms with Crippen LogP contribution in [0.5, 0.6) is 5.75 Å². The van der Waals surface area contributed by atoms with Gasteiger partial charge in [-0.2, -0.15) is 0 Å². The van der Waals surface area contributed by atoms with Crippen molar-refractivity contribution in [2.24, 2.45) is 0 Å². The Morgan fingerprint density at radius 1 is 1.11 bits per heavy atom. The number of nitrogens with one attached hydrogen (secondary N) is 1. The first-order chi connectivity index (χ1) is 8.74. The number of rotatable bonds is 4. The lowest BCUT2D eigenvalue weighted by molar-refractivity contribution is -0.118. The molecule has 0 aliphatic carbocycles. The van der Waals surface area contributed by atoms with Gasteiger partial charge in [0.25, 0.3) is 5.91 Å². The third-order valence-electron chi connectivity index (χ3n) is 2.22. The van der Waals surface area contributed by atoms with E-state index in [4.69, 9.17) is 4.74 Å². The van der Waals surface area contributed by atoms with Crippen molar-refractivity contribution in [3.8, 4) is 5.75 Å². The van der Waals surface area contributed by atoms with Gasteiger partial charge in [0.15, 0.2) is 6.61 Å². The van der Waals surface area contributed by atoms with E-state index in [2.05, 4.69) is 27.9 Å². The molecule has 3 nitrogen and oxygen atoms in total. The first kappa shape index (κ1) is 12.9. The van der Waals surface area contributed by atoms with Crippen LogP contribution < -0.4 is 10.1 Å². The minimum absolute atomic E-state index is 0.00892. The maximum atomic E-state index is 11.6. The molecule has 1 N–H and O–H groups in total. The molecule has 0 bridgehead atoms. The molecule has 18 heavy (non-hydrogen) atoms. The molecule has 0 heterocycles. The van der Waals surface area contributed by atoms with Gasteiger partial charge < -0.3 is 10.1 Å². The lowest BCUT2D eigenvalue weighted by atomic mass is 10.3. The van der Waals surface area contributed by atoms with Gasteiger partial charge in [0, 0.05) is 9.26 Å². The fourth-order valence-electron chi connectivity index (χ4n) is 1.42. The fourth-order valence-corrected chi connectivity index (χ4v) is 1.94. The molecule has 0 atom stereocenters. The predicted octanol–water partition coefficient (Wildman–Crippen LogP) is 3.31. The van der Waals surface area contributed by atoms with Crippen molar-refractivity contribution in [1.29, 1.82) is 0 Å². The first-order valence-electron chi connectivity index (χ1n) is 5.47. The quantitative estimate of drug-likeness (QED) is 0.857. The average Bonchev–Trinajstić information content (AvgIpc) is 2.38. The minimum Gasteiger partial charge on any atom is -0.484 e. The maximum absolute atomic E-state index is 11.6. The Morgan fingerprint density at radius 2 is 1.89 bits per heavy atom. The summed E-state index contributed by atoms with van der Waals surface area (Å²) in [6.07, 6.45) is 0. The Balaban J connectivity index is 1.85. The zero-order valence-corrected chi connectivity index (χ0v) is 11.8. The van der Waals surface area contributed by atoms with Crippen molar-refractivity contribution in [2.75, 3.05) is 11.9 Å². The fraction of sp³-hybridized carbons (Fsp3) is 0.0714. The summed E-state index contributed by atoms with van der Waals surface area (Å²) in [6.45, 7) is 0.00892. The van der Waals surface area contributed by atoms with E-state index < -0.39 is 0 Å². The van der Waals surface area contributed by atoms with Crippen LogP contribution >= 0.6 is 22.6 Å². The standard InChI is InChI=1S/C14H12INO2/c15-11-5-4-8-13(9-11)18-10-14(17)16-12-6-2-1-3-7-12/h1-9H,10H2,(H,16,17). The van der Waals surface area contributed by atoms with E-state index in [0.717, 1.165) is 9.26 Å². The zero-order chi connectivity index (χ0) is 12.8. The van der Waals surface area contributed by atoms with Crippen molar-refractivity contribution >= 4 is 34.2 Å². The molecule has 2 aromatic rings. The molecule has 0 saturated carbocycles. The summed E-state index contributed by atoms with van der Waals surface area (Å²) >= 11 is 2.20. The Labute approximate surface area is 119 Å². The number of anilines is 1. The van der Waals surface area contributed by atoms with Crippen molar-refractivity contribution in [3.05, 3.63) is 58.2 Å². The molecule has 0 radical (unpaired) electrons. The smallest absolute Gasteiger partial charge is 0.262 e. The van der Waals surface area contributed by atoms with Crippen LogP contribution in [0.4, 0.5) is 5.69 Å². The van der Waals surface area contributed by atoms with Crippen LogP contribution in [0.2, 0.25) is 0 Å². The van der Waals surface area contributed by atoms with E-state index >= 15 is 0 Å². The van der Waals surface area contributed by atoms with Crippen molar-refractivity contribution in [1.82, 2.24) is 0 Å². The molecule has 0 unspecified atom stereocenters. The minimum atomic E-state index is -0.167. The SMILES string of the molecule is O=C(COc1cccc(I)c1)Nc1ccccc1. The van der Waals surface area contributed by atoms with Gasteiger partial charge in [0.1, 0.15) is 5.75 Å². The highest BCUT2D eigenvalue weighted by Gasteiger charge is 2.03. The summed E-state index contributed by atoms with van der Waals surface area (Å²) in [5, 5.41) is 2.76. The number of amides is 1. The monoisotopic (exact) mass is 353 g/mol. The van der Waals surface area contributed by atoms with E-state index in [1.165, 1.54) is 0 Å². The van der Waals surface area contributed by atoms with Crippen LogP contribution in [-0.2, 0) is 4.79 Å². The van der Waals surface area contributed by atoms with E-state index in [1.54, 1.807) is 0 Å². The summed E-state index contributed by atoms with van der Waals surface area (Å²) in [6, 6.07) is 16.9. The highest BCUT2D eigenvalue weighted by atomic mass is 127. The largest absolute Gasteiger partial charge is 0.484 e. The van der Waals surface area contributed by atoms with Crippen LogP contribution in [0.3, 0.4) is 0 Å². The predicted molar refractivity (Wildman–Crippen MR) is 79.7 cm³/mol. The summed E-state index contributed by atoms with van der Waals surface area (Å²) in [5.74, 6) is 0.533. The molecule has 2 aromatic carbocycles. The van der Waals surface area contributed by atoms with E-state index in [0.29, 0.717) is 5.75 Å². The number of hydrogen-bond donors (Lipinski definition) is 1. The third kappa shape index (κ3) is 4.03. The second-order valence-corrected chi connectivity index (χ2v) is 4.91. The summed E-state index contributed by atoms with van der Waals surface area (Å²) in [7, 11) is 0. The van der Waals surface area contributed by atoms with Gasteiger partial charge in [-0.1, -0.05) is 24.3 Å². The van der Waals surface area contributed by atoms with Crippen molar-refractivity contribution in [2.45, 2.75) is 0 Å². The lowest BCUT2D eigenvalue weighted by Gasteiger charge is -2.07. The zero-order valence-electron chi connectivity index (χ0n) is 9.60. The number of hydrogen-bond acceptors (Lipinski definition) is 2. The molecule has 2 rings (SSSR count). The Hall–Kier alpha value is -1.56. The van der Waals surface area contributed by atoms with Crippen molar-refractivity contribution < 1.29 is 9.53 Å². The first-order valence-corrected chi connectivity index (χ1v) is 6.55. The van der Waals surface area contributed by atoms with Gasteiger partial charge in [-0.3, -0.25) is 4.79 Å². The summed E-state index contributed by atoms with van der Waals surface area (Å²) in [5.41, 5.74) is 0.772. The van der Waals surface area contributed by atoms with Crippen LogP contribution in [0.15, 0.2) is 54.6 Å². The van der Waals surface area contributed by atoms with Crippen LogP contribution in [-0.4, -0.2) is 12.5 Å². The molecular formula is C14H12INO2. The number of carbonyl (C=O) groups excluding carboxylic acids is 1. The molecule has 92 valence electrons. The highest BCUT2D eigenvalue weighted by molar-refractivity contribution is 14.1.